The van der Waals surface area contributed by atoms with E-state index in [1.807, 2.05) is 24.3 Å². The lowest BCUT2D eigenvalue weighted by atomic mass is 9.91. The molecule has 2 aromatic rings. The Bertz CT molecular complexity index is 826. The van der Waals surface area contributed by atoms with Gasteiger partial charge in [-0.05, 0) is 48.2 Å². The maximum absolute atomic E-state index is 12.4. The molecule has 0 bridgehead atoms. The fourth-order valence-electron chi connectivity index (χ4n) is 3.41. The molecule has 1 aliphatic heterocycles. The maximum atomic E-state index is 12.4. The molecule has 1 aliphatic rings. The van der Waals surface area contributed by atoms with Gasteiger partial charge in [0.15, 0.2) is 0 Å². The van der Waals surface area contributed by atoms with Crippen LogP contribution in [0.4, 0.5) is 0 Å². The van der Waals surface area contributed by atoms with Crippen molar-refractivity contribution in [3.05, 3.63) is 53.2 Å². The van der Waals surface area contributed by atoms with Crippen LogP contribution in [0.15, 0.2) is 36.5 Å². The van der Waals surface area contributed by atoms with E-state index in [0.29, 0.717) is 11.1 Å². The summed E-state index contributed by atoms with van der Waals surface area (Å²) >= 11 is 0. The minimum atomic E-state index is -0.233. The number of hydrogen-bond acceptors (Lipinski definition) is 3. The monoisotopic (exact) mass is 336 g/mol. The van der Waals surface area contributed by atoms with E-state index < -0.39 is 0 Å². The first-order valence-corrected chi connectivity index (χ1v) is 8.88. The van der Waals surface area contributed by atoms with Gasteiger partial charge in [0.25, 0.3) is 11.8 Å². The summed E-state index contributed by atoms with van der Waals surface area (Å²) in [6.07, 6.45) is 6.41. The summed E-state index contributed by atoms with van der Waals surface area (Å²) in [6, 6.07) is 9.47. The zero-order valence-corrected chi connectivity index (χ0v) is 15.1. The third-order valence-corrected chi connectivity index (χ3v) is 4.63. The predicted molar refractivity (Wildman–Crippen MR) is 102 cm³/mol. The first-order chi connectivity index (χ1) is 12.1. The predicted octanol–water partition coefficient (Wildman–Crippen LogP) is 4.16. The summed E-state index contributed by atoms with van der Waals surface area (Å²) in [5, 5.41) is 1.73. The van der Waals surface area contributed by atoms with E-state index in [-0.39, 0.29) is 11.8 Å². The molecule has 25 heavy (non-hydrogen) atoms. The number of imide groups is 1. The van der Waals surface area contributed by atoms with Crippen molar-refractivity contribution in [2.75, 3.05) is 20.1 Å². The summed E-state index contributed by atoms with van der Waals surface area (Å²) in [5.74, 6) is -0.467. The first kappa shape index (κ1) is 17.2. The quantitative estimate of drug-likeness (QED) is 0.744. The Morgan fingerprint density at radius 2 is 1.60 bits per heavy atom. The van der Waals surface area contributed by atoms with Crippen LogP contribution in [0.1, 0.15) is 53.0 Å². The highest BCUT2D eigenvalue weighted by Crippen LogP contribution is 2.32. The zero-order chi connectivity index (χ0) is 18.0. The van der Waals surface area contributed by atoms with E-state index in [0.717, 1.165) is 42.3 Å². The van der Waals surface area contributed by atoms with Crippen LogP contribution in [-0.4, -0.2) is 41.8 Å². The molecule has 0 N–H and O–H groups in total. The second-order valence-corrected chi connectivity index (χ2v) is 6.45. The molecule has 3 rings (SSSR count). The lowest BCUT2D eigenvalue weighted by molar-refractivity contribution is 0.0650. The molecule has 0 saturated carbocycles. The van der Waals surface area contributed by atoms with Gasteiger partial charge in [-0.3, -0.25) is 14.5 Å². The molecule has 0 radical (unpaired) electrons. The van der Waals surface area contributed by atoms with Crippen molar-refractivity contribution in [2.24, 2.45) is 0 Å². The average molecular weight is 336 g/mol. The number of amides is 2. The topological polar surface area (TPSA) is 40.6 Å². The van der Waals surface area contributed by atoms with Gasteiger partial charge in [-0.15, -0.1) is 0 Å². The van der Waals surface area contributed by atoms with Gasteiger partial charge in [0.2, 0.25) is 0 Å². The second kappa shape index (κ2) is 7.09. The molecule has 1 heterocycles. The molecule has 130 valence electrons. The van der Waals surface area contributed by atoms with Crippen molar-refractivity contribution in [3.8, 4) is 0 Å². The van der Waals surface area contributed by atoms with E-state index in [9.17, 15) is 9.59 Å². The molecule has 0 unspecified atom stereocenters. The molecule has 0 saturated heterocycles. The Morgan fingerprint density at radius 3 is 2.24 bits per heavy atom. The van der Waals surface area contributed by atoms with Crippen LogP contribution in [0.5, 0.6) is 0 Å². The Kier molecular flexibility index (Phi) is 4.88. The molecule has 0 atom stereocenters. The minimum absolute atomic E-state index is 0.233. The van der Waals surface area contributed by atoms with E-state index in [2.05, 4.69) is 31.0 Å². The third kappa shape index (κ3) is 3.04. The van der Waals surface area contributed by atoms with Crippen LogP contribution in [0, 0.1) is 0 Å². The SMILES string of the molecule is CCCN(/C=C/c1ccc2c3c(cccc13)C(=O)N(C)C2=O)CCC. The number of hydrogen-bond donors (Lipinski definition) is 0. The average Bonchev–Trinajstić information content (AvgIpc) is 2.63. The minimum Gasteiger partial charge on any atom is -0.377 e. The van der Waals surface area contributed by atoms with Gasteiger partial charge in [0.1, 0.15) is 0 Å². The number of carbonyl (C=O) groups excluding carboxylic acids is 2. The summed E-state index contributed by atoms with van der Waals surface area (Å²) < 4.78 is 0. The molecule has 0 aliphatic carbocycles. The molecular weight excluding hydrogens is 312 g/mol. The molecule has 4 heteroatoms. The molecule has 0 aromatic heterocycles. The lowest BCUT2D eigenvalue weighted by Crippen LogP contribution is -2.36. The van der Waals surface area contributed by atoms with E-state index in [1.54, 1.807) is 6.07 Å². The molecule has 0 fully saturated rings. The highest BCUT2D eigenvalue weighted by Gasteiger charge is 2.30. The van der Waals surface area contributed by atoms with Crippen LogP contribution in [0.2, 0.25) is 0 Å². The molecule has 4 nitrogen and oxygen atoms in total. The van der Waals surface area contributed by atoms with Crippen molar-refractivity contribution in [3.63, 3.8) is 0 Å². The van der Waals surface area contributed by atoms with Gasteiger partial charge in [-0.25, -0.2) is 0 Å². The lowest BCUT2D eigenvalue weighted by Gasteiger charge is -2.24. The van der Waals surface area contributed by atoms with Crippen molar-refractivity contribution in [2.45, 2.75) is 26.7 Å². The number of carbonyl (C=O) groups is 2. The van der Waals surface area contributed by atoms with E-state index in [1.165, 1.54) is 11.9 Å². The van der Waals surface area contributed by atoms with Crippen LogP contribution in [0.25, 0.3) is 16.8 Å². The van der Waals surface area contributed by atoms with Gasteiger partial charge in [-0.1, -0.05) is 32.0 Å². The maximum Gasteiger partial charge on any atom is 0.261 e. The largest absolute Gasteiger partial charge is 0.377 e. The number of rotatable bonds is 6. The Morgan fingerprint density at radius 1 is 0.960 bits per heavy atom. The molecule has 2 aromatic carbocycles. The van der Waals surface area contributed by atoms with Crippen molar-refractivity contribution in [1.29, 1.82) is 0 Å². The summed E-state index contributed by atoms with van der Waals surface area (Å²) in [4.78, 5) is 28.4. The fraction of sp³-hybridized carbons (Fsp3) is 0.333. The smallest absolute Gasteiger partial charge is 0.261 e. The van der Waals surface area contributed by atoms with Gasteiger partial charge in [0.05, 0.1) is 0 Å². The number of nitrogens with zero attached hydrogens (tertiary/aromatic N) is 2. The second-order valence-electron chi connectivity index (χ2n) is 6.45. The third-order valence-electron chi connectivity index (χ3n) is 4.63. The summed E-state index contributed by atoms with van der Waals surface area (Å²) in [7, 11) is 1.54. The van der Waals surface area contributed by atoms with Crippen molar-refractivity contribution >= 4 is 28.7 Å². The Labute approximate surface area is 148 Å². The van der Waals surface area contributed by atoms with E-state index >= 15 is 0 Å². The zero-order valence-electron chi connectivity index (χ0n) is 15.1. The highest BCUT2D eigenvalue weighted by molar-refractivity contribution is 6.26. The molecule has 0 spiro atoms. The fourth-order valence-corrected chi connectivity index (χ4v) is 3.41. The van der Waals surface area contributed by atoms with E-state index in [4.69, 9.17) is 0 Å². The highest BCUT2D eigenvalue weighted by atomic mass is 16.2. The van der Waals surface area contributed by atoms with Crippen LogP contribution in [-0.2, 0) is 0 Å². The number of benzene rings is 2. The molecule has 2 amide bonds. The first-order valence-electron chi connectivity index (χ1n) is 8.88. The summed E-state index contributed by atoms with van der Waals surface area (Å²) in [5.41, 5.74) is 2.23. The van der Waals surface area contributed by atoms with Crippen molar-refractivity contribution < 1.29 is 9.59 Å². The standard InChI is InChI=1S/C21H24N2O2/c1-4-12-23(13-5-2)14-11-15-9-10-18-19-16(15)7-6-8-17(19)20(24)22(3)21(18)25/h6-11,14H,4-5,12-13H2,1-3H3/b14-11+. The van der Waals surface area contributed by atoms with Crippen LogP contribution >= 0.6 is 0 Å². The Hall–Kier alpha value is -2.62. The summed E-state index contributed by atoms with van der Waals surface area (Å²) in [6.45, 7) is 6.39. The van der Waals surface area contributed by atoms with Crippen LogP contribution < -0.4 is 0 Å². The van der Waals surface area contributed by atoms with Gasteiger partial charge >= 0.3 is 0 Å². The normalized spacial score (nSPS) is 14.0. The van der Waals surface area contributed by atoms with Crippen LogP contribution in [0.3, 0.4) is 0 Å². The van der Waals surface area contributed by atoms with Gasteiger partial charge < -0.3 is 4.90 Å². The van der Waals surface area contributed by atoms with Gasteiger partial charge in [-0.2, -0.15) is 0 Å². The molecular formula is C21H24N2O2. The van der Waals surface area contributed by atoms with Gasteiger partial charge in [0, 0.05) is 36.7 Å². The van der Waals surface area contributed by atoms with Crippen molar-refractivity contribution in [1.82, 2.24) is 9.80 Å². The Balaban J connectivity index is 2.09.